The van der Waals surface area contributed by atoms with Crippen molar-refractivity contribution in [2.45, 2.75) is 39.4 Å². The number of ketones is 1. The summed E-state index contributed by atoms with van der Waals surface area (Å²) < 4.78 is 10.2. The Kier molecular flexibility index (Phi) is 3.81. The first kappa shape index (κ1) is 14.5. The van der Waals surface area contributed by atoms with E-state index in [4.69, 9.17) is 9.15 Å². The Morgan fingerprint density at radius 2 is 2.20 bits per heavy atom. The van der Waals surface area contributed by atoms with Crippen LogP contribution in [0.1, 0.15) is 37.7 Å². The lowest BCUT2D eigenvalue weighted by atomic mass is 9.80. The molecule has 1 N–H and O–H groups in total. The maximum atomic E-state index is 11.9. The Morgan fingerprint density at radius 1 is 1.50 bits per heavy atom. The van der Waals surface area contributed by atoms with Gasteiger partial charge in [0.25, 0.3) is 0 Å². The van der Waals surface area contributed by atoms with Crippen LogP contribution in [0.3, 0.4) is 0 Å². The van der Waals surface area contributed by atoms with Crippen LogP contribution >= 0.6 is 0 Å². The van der Waals surface area contributed by atoms with Gasteiger partial charge in [-0.3, -0.25) is 4.79 Å². The van der Waals surface area contributed by atoms with Crippen LogP contribution in [0.25, 0.3) is 0 Å². The summed E-state index contributed by atoms with van der Waals surface area (Å²) in [6, 6.07) is 3.06. The molecule has 5 heteroatoms. The van der Waals surface area contributed by atoms with Crippen molar-refractivity contribution in [3.05, 3.63) is 35.8 Å². The van der Waals surface area contributed by atoms with Crippen LogP contribution in [0.15, 0.2) is 34.5 Å². The van der Waals surface area contributed by atoms with Crippen LogP contribution < -0.4 is 0 Å². The molecule has 2 unspecified atom stereocenters. The second kappa shape index (κ2) is 5.25. The molecule has 0 saturated carbocycles. The molecule has 1 heterocycles. The van der Waals surface area contributed by atoms with Crippen LogP contribution in [0, 0.1) is 5.41 Å². The first-order valence-electron chi connectivity index (χ1n) is 6.45. The molecule has 0 saturated heterocycles. The minimum absolute atomic E-state index is 0.0504. The van der Waals surface area contributed by atoms with Gasteiger partial charge in [-0.2, -0.15) is 0 Å². The van der Waals surface area contributed by atoms with Gasteiger partial charge in [-0.15, -0.1) is 0 Å². The highest BCUT2D eigenvalue weighted by Crippen LogP contribution is 2.33. The summed E-state index contributed by atoms with van der Waals surface area (Å²) in [6.45, 7) is 5.20. The summed E-state index contributed by atoms with van der Waals surface area (Å²) in [5.74, 6) is -0.643. The maximum Gasteiger partial charge on any atom is 0.374 e. The molecule has 0 radical (unpaired) electrons. The number of hydrogen-bond acceptors (Lipinski definition) is 5. The molecule has 2 atom stereocenters. The second-order valence-corrected chi connectivity index (χ2v) is 5.73. The number of carbonyl (C=O) groups is 2. The van der Waals surface area contributed by atoms with E-state index in [1.54, 1.807) is 26.8 Å². The minimum atomic E-state index is -0.956. The van der Waals surface area contributed by atoms with Gasteiger partial charge in [0, 0.05) is 11.8 Å². The molecule has 1 aliphatic carbocycles. The van der Waals surface area contributed by atoms with Gasteiger partial charge in [0.15, 0.2) is 5.78 Å². The minimum Gasteiger partial charge on any atom is -0.457 e. The summed E-state index contributed by atoms with van der Waals surface area (Å²) in [5, 5.41) is 10.4. The van der Waals surface area contributed by atoms with Crippen molar-refractivity contribution in [2.24, 2.45) is 5.41 Å². The van der Waals surface area contributed by atoms with Gasteiger partial charge in [-0.25, -0.2) is 4.79 Å². The molecule has 0 spiro atoms. The van der Waals surface area contributed by atoms with Crippen LogP contribution in [-0.4, -0.2) is 29.1 Å². The fourth-order valence-electron chi connectivity index (χ4n) is 2.21. The van der Waals surface area contributed by atoms with Gasteiger partial charge in [-0.05, 0) is 30.7 Å². The summed E-state index contributed by atoms with van der Waals surface area (Å²) in [5.41, 5.74) is -0.175. The fraction of sp³-hybridized carbons (Fsp3) is 0.467. The highest BCUT2D eigenvalue weighted by Gasteiger charge is 2.40. The van der Waals surface area contributed by atoms with Gasteiger partial charge in [0.1, 0.15) is 12.2 Å². The number of furan rings is 1. The lowest BCUT2D eigenvalue weighted by Gasteiger charge is -2.31. The Balaban J connectivity index is 2.24. The van der Waals surface area contributed by atoms with E-state index in [2.05, 4.69) is 0 Å². The van der Waals surface area contributed by atoms with Crippen molar-refractivity contribution in [1.29, 1.82) is 0 Å². The van der Waals surface area contributed by atoms with Crippen LogP contribution in [0.5, 0.6) is 0 Å². The average Bonchev–Trinajstić information content (AvgIpc) is 2.87. The van der Waals surface area contributed by atoms with E-state index in [-0.39, 0.29) is 18.0 Å². The predicted molar refractivity (Wildman–Crippen MR) is 71.1 cm³/mol. The maximum absolute atomic E-state index is 11.9. The lowest BCUT2D eigenvalue weighted by Crippen LogP contribution is -2.40. The van der Waals surface area contributed by atoms with Crippen molar-refractivity contribution >= 4 is 11.8 Å². The third-order valence-electron chi connectivity index (χ3n) is 3.55. The quantitative estimate of drug-likeness (QED) is 0.838. The van der Waals surface area contributed by atoms with Gasteiger partial charge in [-0.1, -0.05) is 13.8 Å². The first-order chi connectivity index (χ1) is 9.31. The molecule has 0 fully saturated rings. The number of allylic oxidation sites excluding steroid dienone is 1. The molecule has 1 aromatic heterocycles. The van der Waals surface area contributed by atoms with Crippen LogP contribution in [0.2, 0.25) is 0 Å². The molecule has 2 rings (SSSR count). The summed E-state index contributed by atoms with van der Waals surface area (Å²) in [4.78, 5) is 23.8. The van der Waals surface area contributed by atoms with Crippen molar-refractivity contribution in [3.8, 4) is 0 Å². The second-order valence-electron chi connectivity index (χ2n) is 5.73. The normalized spacial score (nSPS) is 25.8. The van der Waals surface area contributed by atoms with Gasteiger partial charge < -0.3 is 14.3 Å². The highest BCUT2D eigenvalue weighted by atomic mass is 16.6. The van der Waals surface area contributed by atoms with Gasteiger partial charge >= 0.3 is 5.97 Å². The highest BCUT2D eigenvalue weighted by molar-refractivity contribution is 5.95. The largest absolute Gasteiger partial charge is 0.457 e. The SMILES string of the molecule is CC1=CC(OC(=O)c2ccco2)C(O)C(C)(C)CC1=O. The molecular weight excluding hydrogens is 260 g/mol. The number of ether oxygens (including phenoxy) is 1. The zero-order valence-electron chi connectivity index (χ0n) is 11.8. The van der Waals surface area contributed by atoms with Crippen molar-refractivity contribution in [3.63, 3.8) is 0 Å². The number of esters is 1. The van der Waals surface area contributed by atoms with Crippen LogP contribution in [0.4, 0.5) is 0 Å². The number of rotatable bonds is 2. The number of aliphatic hydroxyl groups is 1. The van der Waals surface area contributed by atoms with E-state index in [0.717, 1.165) is 0 Å². The third kappa shape index (κ3) is 2.82. The first-order valence-corrected chi connectivity index (χ1v) is 6.45. The summed E-state index contributed by atoms with van der Waals surface area (Å²) >= 11 is 0. The van der Waals surface area contributed by atoms with Gasteiger partial charge in [0.2, 0.25) is 5.76 Å². The molecule has 0 aliphatic heterocycles. The van der Waals surface area contributed by atoms with Gasteiger partial charge in [0.05, 0.1) is 6.26 Å². The van der Waals surface area contributed by atoms with Crippen molar-refractivity contribution in [2.75, 3.05) is 0 Å². The van der Waals surface area contributed by atoms with E-state index in [9.17, 15) is 14.7 Å². The number of carbonyl (C=O) groups excluding carboxylic acids is 2. The zero-order chi connectivity index (χ0) is 14.9. The molecule has 108 valence electrons. The Hall–Kier alpha value is -1.88. The number of Topliss-reactive ketones (excluding diaryl/α,β-unsaturated/α-hetero) is 1. The Labute approximate surface area is 117 Å². The fourth-order valence-corrected chi connectivity index (χ4v) is 2.21. The molecule has 0 amide bonds. The lowest BCUT2D eigenvalue weighted by molar-refractivity contribution is -0.119. The molecule has 1 aromatic rings. The Morgan fingerprint density at radius 3 is 2.80 bits per heavy atom. The molecule has 1 aliphatic rings. The molecular formula is C15H18O5. The number of aliphatic hydroxyl groups excluding tert-OH is 1. The van der Waals surface area contributed by atoms with E-state index < -0.39 is 23.6 Å². The van der Waals surface area contributed by atoms with Crippen LogP contribution in [-0.2, 0) is 9.53 Å². The monoisotopic (exact) mass is 278 g/mol. The third-order valence-corrected chi connectivity index (χ3v) is 3.55. The molecule has 20 heavy (non-hydrogen) atoms. The van der Waals surface area contributed by atoms with E-state index in [1.165, 1.54) is 18.4 Å². The molecule has 0 aromatic carbocycles. The van der Waals surface area contributed by atoms with E-state index in [0.29, 0.717) is 5.57 Å². The van der Waals surface area contributed by atoms with E-state index >= 15 is 0 Å². The topological polar surface area (TPSA) is 76.7 Å². The molecule has 5 nitrogen and oxygen atoms in total. The average molecular weight is 278 g/mol. The van der Waals surface area contributed by atoms with Crippen molar-refractivity contribution in [1.82, 2.24) is 0 Å². The van der Waals surface area contributed by atoms with E-state index in [1.807, 2.05) is 0 Å². The zero-order valence-corrected chi connectivity index (χ0v) is 11.8. The smallest absolute Gasteiger partial charge is 0.374 e. The summed E-state index contributed by atoms with van der Waals surface area (Å²) in [7, 11) is 0. The Bertz CT molecular complexity index is 539. The molecule has 0 bridgehead atoms. The predicted octanol–water partition coefficient (Wildman–Crippen LogP) is 2.11. The standard InChI is InChI=1S/C15H18O5/c1-9-7-12(13(17)15(2,3)8-10(9)16)20-14(18)11-5-4-6-19-11/h4-7,12-13,17H,8H2,1-3H3. The number of hydrogen-bond donors (Lipinski definition) is 1. The summed E-state index contributed by atoms with van der Waals surface area (Å²) in [6.07, 6.45) is 1.26. The van der Waals surface area contributed by atoms with Crippen molar-refractivity contribution < 1.29 is 23.8 Å².